The van der Waals surface area contributed by atoms with Crippen LogP contribution in [0, 0.1) is 0 Å². The Kier molecular flexibility index (Phi) is 9.47. The largest absolute Gasteiger partial charge is 0.493 e. The van der Waals surface area contributed by atoms with Gasteiger partial charge >= 0.3 is 12.7 Å². The lowest BCUT2D eigenvalue weighted by Crippen LogP contribution is -2.33. The molecule has 0 fully saturated rings. The Balaban J connectivity index is 2.28. The van der Waals surface area contributed by atoms with Crippen LogP contribution in [0.3, 0.4) is 0 Å². The van der Waals surface area contributed by atoms with Gasteiger partial charge in [-0.15, -0.1) is 0 Å². The highest BCUT2D eigenvalue weighted by Gasteiger charge is 2.15. The van der Waals surface area contributed by atoms with Crippen molar-refractivity contribution in [3.8, 4) is 11.5 Å². The van der Waals surface area contributed by atoms with Gasteiger partial charge in [0.15, 0.2) is 11.5 Å². The molecule has 9 heteroatoms. The fraction of sp³-hybridized carbons (Fsp3) is 0.579. The van der Waals surface area contributed by atoms with E-state index in [4.69, 9.17) is 9.47 Å². The van der Waals surface area contributed by atoms with Gasteiger partial charge in [0.2, 0.25) is 5.91 Å². The molecule has 0 saturated carbocycles. The summed E-state index contributed by atoms with van der Waals surface area (Å²) in [4.78, 5) is 23.3. The molecule has 158 valence electrons. The molecule has 0 aliphatic rings. The fourth-order valence-electron chi connectivity index (χ4n) is 2.25. The first-order valence-corrected chi connectivity index (χ1v) is 8.96. The van der Waals surface area contributed by atoms with E-state index in [1.165, 1.54) is 13.2 Å². The minimum Gasteiger partial charge on any atom is -0.493 e. The molecule has 0 atom stereocenters. The van der Waals surface area contributed by atoms with Crippen molar-refractivity contribution in [1.29, 1.82) is 0 Å². The third kappa shape index (κ3) is 9.94. The van der Waals surface area contributed by atoms with E-state index in [0.29, 0.717) is 25.9 Å². The van der Waals surface area contributed by atoms with E-state index in [9.17, 15) is 18.4 Å². The first-order chi connectivity index (χ1) is 13.1. The number of carbonyl (C=O) groups excluding carboxylic acids is 2. The fourth-order valence-corrected chi connectivity index (χ4v) is 2.25. The van der Waals surface area contributed by atoms with Crippen molar-refractivity contribution >= 4 is 12.0 Å². The molecule has 0 aliphatic heterocycles. The summed E-state index contributed by atoms with van der Waals surface area (Å²) >= 11 is 0. The Morgan fingerprint density at radius 3 is 2.43 bits per heavy atom. The predicted molar refractivity (Wildman–Crippen MR) is 99.8 cm³/mol. The van der Waals surface area contributed by atoms with Crippen LogP contribution in [0.1, 0.15) is 39.2 Å². The average molecular weight is 402 g/mol. The van der Waals surface area contributed by atoms with Gasteiger partial charge in [0, 0.05) is 19.5 Å². The smallest absolute Gasteiger partial charge is 0.407 e. The lowest BCUT2D eigenvalue weighted by molar-refractivity contribution is -0.121. The number of halogens is 2. The summed E-state index contributed by atoms with van der Waals surface area (Å²) in [5, 5.41) is 5.35. The third-order valence-corrected chi connectivity index (χ3v) is 3.43. The van der Waals surface area contributed by atoms with Crippen LogP contribution in [-0.2, 0) is 16.0 Å². The minimum absolute atomic E-state index is 0.0391. The van der Waals surface area contributed by atoms with Crippen LogP contribution in [-0.4, -0.2) is 44.4 Å². The standard InChI is InChI=1S/C19H28F2N2O5/c1-19(2,3)28-18(25)23-10-5-6-16(24)22-11-9-13-7-8-14(27-17(20)21)15(12-13)26-4/h7-8,12,17H,5-6,9-11H2,1-4H3,(H,22,24)(H,23,25). The van der Waals surface area contributed by atoms with E-state index < -0.39 is 18.3 Å². The molecule has 0 aliphatic carbocycles. The highest BCUT2D eigenvalue weighted by Crippen LogP contribution is 2.29. The molecule has 0 radical (unpaired) electrons. The number of hydrogen-bond donors (Lipinski definition) is 2. The van der Waals surface area contributed by atoms with E-state index >= 15 is 0 Å². The maximum atomic E-state index is 12.3. The number of carbonyl (C=O) groups is 2. The molecule has 0 aromatic heterocycles. The monoisotopic (exact) mass is 402 g/mol. The summed E-state index contributed by atoms with van der Waals surface area (Å²) in [6.45, 7) is 3.12. The molecule has 7 nitrogen and oxygen atoms in total. The number of ether oxygens (including phenoxy) is 3. The second kappa shape index (κ2) is 11.3. The number of amides is 2. The highest BCUT2D eigenvalue weighted by molar-refractivity contribution is 5.76. The van der Waals surface area contributed by atoms with Gasteiger partial charge in [-0.05, 0) is 51.3 Å². The number of hydrogen-bond acceptors (Lipinski definition) is 5. The molecule has 2 amide bonds. The molecule has 0 saturated heterocycles. The molecule has 0 spiro atoms. The van der Waals surface area contributed by atoms with Crippen molar-refractivity contribution in [2.24, 2.45) is 0 Å². The first kappa shape index (κ1) is 23.5. The molecule has 2 N–H and O–H groups in total. The predicted octanol–water partition coefficient (Wildman–Crippen LogP) is 3.26. The van der Waals surface area contributed by atoms with Crippen LogP contribution in [0.15, 0.2) is 18.2 Å². The highest BCUT2D eigenvalue weighted by atomic mass is 19.3. The number of alkyl carbamates (subject to hydrolysis) is 1. The van der Waals surface area contributed by atoms with Crippen LogP contribution in [0.4, 0.5) is 13.6 Å². The Bertz CT molecular complexity index is 648. The molecule has 0 unspecified atom stereocenters. The van der Waals surface area contributed by atoms with E-state index in [1.807, 2.05) is 0 Å². The Hall–Kier alpha value is -2.58. The number of rotatable bonds is 10. The molecule has 1 aromatic rings. The minimum atomic E-state index is -2.93. The molecule has 1 rings (SSSR count). The Labute approximate surface area is 163 Å². The van der Waals surface area contributed by atoms with Crippen molar-refractivity contribution in [1.82, 2.24) is 10.6 Å². The molecular weight excluding hydrogens is 374 g/mol. The van der Waals surface area contributed by atoms with Gasteiger partial charge in [0.1, 0.15) is 5.60 Å². The molecule has 0 heterocycles. The van der Waals surface area contributed by atoms with Gasteiger partial charge < -0.3 is 24.8 Å². The van der Waals surface area contributed by atoms with Gasteiger partial charge in [0.05, 0.1) is 7.11 Å². The van der Waals surface area contributed by atoms with Crippen LogP contribution in [0.5, 0.6) is 11.5 Å². The van der Waals surface area contributed by atoms with Crippen molar-refractivity contribution < 1.29 is 32.6 Å². The van der Waals surface area contributed by atoms with Crippen molar-refractivity contribution in [3.05, 3.63) is 23.8 Å². The lowest BCUT2D eigenvalue weighted by Gasteiger charge is -2.19. The number of methoxy groups -OCH3 is 1. The van der Waals surface area contributed by atoms with E-state index in [1.54, 1.807) is 32.9 Å². The second-order valence-corrected chi connectivity index (χ2v) is 7.00. The maximum Gasteiger partial charge on any atom is 0.407 e. The summed E-state index contributed by atoms with van der Waals surface area (Å²) in [6, 6.07) is 4.64. The van der Waals surface area contributed by atoms with Gasteiger partial charge in [0.25, 0.3) is 0 Å². The van der Waals surface area contributed by atoms with Crippen LogP contribution in [0.2, 0.25) is 0 Å². The van der Waals surface area contributed by atoms with Crippen LogP contribution < -0.4 is 20.1 Å². The van der Waals surface area contributed by atoms with Gasteiger partial charge in [-0.25, -0.2) is 4.79 Å². The molecular formula is C19H28F2N2O5. The van der Waals surface area contributed by atoms with Crippen molar-refractivity contribution in [2.75, 3.05) is 20.2 Å². The maximum absolute atomic E-state index is 12.3. The van der Waals surface area contributed by atoms with Gasteiger partial charge in [-0.1, -0.05) is 6.07 Å². The summed E-state index contributed by atoms with van der Waals surface area (Å²) in [5.41, 5.74) is 0.249. The molecule has 1 aromatic carbocycles. The van der Waals surface area contributed by atoms with E-state index in [0.717, 1.165) is 5.56 Å². The zero-order valence-corrected chi connectivity index (χ0v) is 16.6. The zero-order valence-electron chi connectivity index (χ0n) is 16.6. The average Bonchev–Trinajstić information content (AvgIpc) is 2.58. The van der Waals surface area contributed by atoms with Gasteiger partial charge in [-0.2, -0.15) is 8.78 Å². The number of benzene rings is 1. The Morgan fingerprint density at radius 1 is 1.11 bits per heavy atom. The molecule has 0 bridgehead atoms. The summed E-state index contributed by atoms with van der Waals surface area (Å²) in [5.74, 6) is 0.0238. The summed E-state index contributed by atoms with van der Waals surface area (Å²) in [6.07, 6.45) is 0.743. The first-order valence-electron chi connectivity index (χ1n) is 8.96. The number of nitrogens with one attached hydrogen (secondary N) is 2. The number of alkyl halides is 2. The van der Waals surface area contributed by atoms with Crippen molar-refractivity contribution in [3.63, 3.8) is 0 Å². The molecule has 28 heavy (non-hydrogen) atoms. The quantitative estimate of drug-likeness (QED) is 0.587. The summed E-state index contributed by atoms with van der Waals surface area (Å²) < 4.78 is 39.1. The van der Waals surface area contributed by atoms with E-state index in [-0.39, 0.29) is 23.8 Å². The van der Waals surface area contributed by atoms with Crippen LogP contribution >= 0.6 is 0 Å². The normalized spacial score (nSPS) is 11.1. The van der Waals surface area contributed by atoms with E-state index in [2.05, 4.69) is 15.4 Å². The summed E-state index contributed by atoms with van der Waals surface area (Å²) in [7, 11) is 1.37. The van der Waals surface area contributed by atoms with Crippen LogP contribution in [0.25, 0.3) is 0 Å². The Morgan fingerprint density at radius 2 is 1.82 bits per heavy atom. The second-order valence-electron chi connectivity index (χ2n) is 7.00. The zero-order chi connectivity index (χ0) is 21.2. The third-order valence-electron chi connectivity index (χ3n) is 3.43. The lowest BCUT2D eigenvalue weighted by atomic mass is 10.1. The SMILES string of the molecule is COc1cc(CCNC(=O)CCCNC(=O)OC(C)(C)C)ccc1OC(F)F. The topological polar surface area (TPSA) is 85.9 Å². The van der Waals surface area contributed by atoms with Gasteiger partial charge in [-0.3, -0.25) is 4.79 Å². The van der Waals surface area contributed by atoms with Crippen molar-refractivity contribution in [2.45, 2.75) is 52.2 Å².